The molecule has 1 amide bonds. The smallest absolute Gasteiger partial charge is 0.410 e. The van der Waals surface area contributed by atoms with Crippen LogP contribution in [0.5, 0.6) is 0 Å². The zero-order chi connectivity index (χ0) is 22.2. The standard InChI is InChI=1S/C24H29Cl2N3O2/c1-24(2,3)31-23(30)28-13-11-16(12-14-28)7-10-21-18(15-27-29(21)17-8-9-17)22-19(25)5-4-6-20(22)26/h4-7,10,15-17H,8-9,11-14H2,1-3H3. The molecule has 0 N–H and O–H groups in total. The van der Waals surface area contributed by atoms with E-state index in [4.69, 9.17) is 27.9 Å². The summed E-state index contributed by atoms with van der Waals surface area (Å²) in [5, 5.41) is 5.90. The number of hydrogen-bond donors (Lipinski definition) is 0. The van der Waals surface area contributed by atoms with Gasteiger partial charge < -0.3 is 9.64 Å². The van der Waals surface area contributed by atoms with Crippen LogP contribution in [0, 0.1) is 5.92 Å². The summed E-state index contributed by atoms with van der Waals surface area (Å²) >= 11 is 13.0. The van der Waals surface area contributed by atoms with Crippen molar-refractivity contribution in [2.75, 3.05) is 13.1 Å². The van der Waals surface area contributed by atoms with E-state index in [-0.39, 0.29) is 6.09 Å². The summed E-state index contributed by atoms with van der Waals surface area (Å²) in [7, 11) is 0. The molecular formula is C24H29Cl2N3O2. The maximum Gasteiger partial charge on any atom is 0.410 e. The molecule has 2 aliphatic rings. The van der Waals surface area contributed by atoms with E-state index in [9.17, 15) is 4.79 Å². The van der Waals surface area contributed by atoms with Crippen molar-refractivity contribution in [3.05, 3.63) is 46.2 Å². The summed E-state index contributed by atoms with van der Waals surface area (Å²) in [5.41, 5.74) is 2.37. The second-order valence-electron chi connectivity index (χ2n) is 9.38. The average molecular weight is 462 g/mol. The maximum absolute atomic E-state index is 12.3. The van der Waals surface area contributed by atoms with E-state index in [2.05, 4.69) is 21.9 Å². The van der Waals surface area contributed by atoms with Crippen LogP contribution in [0.15, 0.2) is 30.5 Å². The van der Waals surface area contributed by atoms with Gasteiger partial charge in [-0.05, 0) is 70.6 Å². The van der Waals surface area contributed by atoms with Crippen molar-refractivity contribution in [2.45, 2.75) is 58.1 Å². The van der Waals surface area contributed by atoms with E-state index in [1.165, 1.54) is 0 Å². The highest BCUT2D eigenvalue weighted by Crippen LogP contribution is 2.42. The third-order valence-electron chi connectivity index (χ3n) is 5.68. The van der Waals surface area contributed by atoms with Gasteiger partial charge >= 0.3 is 6.09 Å². The molecule has 5 nitrogen and oxygen atoms in total. The first-order chi connectivity index (χ1) is 14.7. The Morgan fingerprint density at radius 2 is 1.77 bits per heavy atom. The second-order valence-corrected chi connectivity index (χ2v) is 10.2. The molecule has 1 aliphatic carbocycles. The molecule has 1 saturated heterocycles. The number of rotatable bonds is 4. The van der Waals surface area contributed by atoms with Crippen LogP contribution in [0.3, 0.4) is 0 Å². The molecule has 1 aromatic heterocycles. The number of ether oxygens (including phenoxy) is 1. The number of aromatic nitrogens is 2. The fourth-order valence-electron chi connectivity index (χ4n) is 3.92. The minimum atomic E-state index is -0.467. The zero-order valence-electron chi connectivity index (χ0n) is 18.3. The normalized spacial score (nSPS) is 18.0. The summed E-state index contributed by atoms with van der Waals surface area (Å²) < 4.78 is 7.60. The summed E-state index contributed by atoms with van der Waals surface area (Å²) in [5.74, 6) is 0.399. The fraction of sp³-hybridized carbons (Fsp3) is 0.500. The van der Waals surface area contributed by atoms with Gasteiger partial charge in [0, 0.05) is 24.2 Å². The van der Waals surface area contributed by atoms with Crippen molar-refractivity contribution in [2.24, 2.45) is 5.92 Å². The second kappa shape index (κ2) is 8.87. The SMILES string of the molecule is CC(C)(C)OC(=O)N1CCC(C=Cc2c(-c3c(Cl)cccc3Cl)cnn2C2CC2)CC1. The largest absolute Gasteiger partial charge is 0.444 e. The topological polar surface area (TPSA) is 47.4 Å². The lowest BCUT2D eigenvalue weighted by Crippen LogP contribution is -2.41. The summed E-state index contributed by atoms with van der Waals surface area (Å²) in [4.78, 5) is 14.1. The Morgan fingerprint density at radius 1 is 1.13 bits per heavy atom. The fourth-order valence-corrected chi connectivity index (χ4v) is 4.52. The summed E-state index contributed by atoms with van der Waals surface area (Å²) in [6.07, 6.45) is 10.2. The highest BCUT2D eigenvalue weighted by Gasteiger charge is 2.29. The number of benzene rings is 1. The van der Waals surface area contributed by atoms with Crippen LogP contribution < -0.4 is 0 Å². The van der Waals surface area contributed by atoms with Gasteiger partial charge in [0.05, 0.1) is 28.0 Å². The average Bonchev–Trinajstić information content (AvgIpc) is 3.46. The molecule has 7 heteroatoms. The van der Waals surface area contributed by atoms with Gasteiger partial charge in [0.2, 0.25) is 0 Å². The number of carbonyl (C=O) groups excluding carboxylic acids is 1. The molecular weight excluding hydrogens is 433 g/mol. The van der Waals surface area contributed by atoms with Crippen LogP contribution >= 0.6 is 23.2 Å². The first kappa shape index (κ1) is 22.2. The van der Waals surface area contributed by atoms with Crippen molar-refractivity contribution in [1.29, 1.82) is 0 Å². The molecule has 166 valence electrons. The molecule has 0 radical (unpaired) electrons. The number of halogens is 2. The van der Waals surface area contributed by atoms with Gasteiger partial charge in [0.15, 0.2) is 0 Å². The van der Waals surface area contributed by atoms with Crippen LogP contribution in [-0.2, 0) is 4.74 Å². The van der Waals surface area contributed by atoms with E-state index in [0.717, 1.165) is 42.5 Å². The Kier molecular flexibility index (Phi) is 6.36. The van der Waals surface area contributed by atoms with E-state index < -0.39 is 5.60 Å². The number of amides is 1. The van der Waals surface area contributed by atoms with Crippen molar-refractivity contribution in [3.63, 3.8) is 0 Å². The van der Waals surface area contributed by atoms with Crippen LogP contribution in [0.1, 0.15) is 58.2 Å². The molecule has 0 atom stereocenters. The lowest BCUT2D eigenvalue weighted by atomic mass is 9.95. The highest BCUT2D eigenvalue weighted by molar-refractivity contribution is 6.39. The quantitative estimate of drug-likeness (QED) is 0.499. The minimum Gasteiger partial charge on any atom is -0.444 e. The zero-order valence-corrected chi connectivity index (χ0v) is 19.8. The number of likely N-dealkylation sites (tertiary alicyclic amines) is 1. The number of carbonyl (C=O) groups is 1. The summed E-state index contributed by atoms with van der Waals surface area (Å²) in [6, 6.07) is 6.02. The predicted octanol–water partition coefficient (Wildman–Crippen LogP) is 6.85. The molecule has 31 heavy (non-hydrogen) atoms. The number of nitrogens with zero attached hydrogens (tertiary/aromatic N) is 3. The van der Waals surface area contributed by atoms with Gasteiger partial charge in [-0.15, -0.1) is 0 Å². The van der Waals surface area contributed by atoms with Crippen molar-refractivity contribution < 1.29 is 9.53 Å². The molecule has 2 heterocycles. The molecule has 1 saturated carbocycles. The third-order valence-corrected chi connectivity index (χ3v) is 6.31. The minimum absolute atomic E-state index is 0.225. The lowest BCUT2D eigenvalue weighted by molar-refractivity contribution is 0.0197. The van der Waals surface area contributed by atoms with Gasteiger partial charge in [0.1, 0.15) is 5.60 Å². The Hall–Kier alpha value is -1.98. The van der Waals surface area contributed by atoms with Crippen LogP contribution in [0.4, 0.5) is 4.79 Å². The Labute approximate surface area is 194 Å². The molecule has 2 aromatic rings. The highest BCUT2D eigenvalue weighted by atomic mass is 35.5. The first-order valence-electron chi connectivity index (χ1n) is 10.9. The third kappa shape index (κ3) is 5.27. The van der Waals surface area contributed by atoms with Crippen molar-refractivity contribution >= 4 is 35.4 Å². The molecule has 1 aromatic carbocycles. The molecule has 4 rings (SSSR count). The monoisotopic (exact) mass is 461 g/mol. The van der Waals surface area contributed by atoms with Crippen molar-refractivity contribution in [1.82, 2.24) is 14.7 Å². The predicted molar refractivity (Wildman–Crippen MR) is 126 cm³/mol. The van der Waals surface area contributed by atoms with Crippen LogP contribution in [-0.4, -0.2) is 39.5 Å². The van der Waals surface area contributed by atoms with Gasteiger partial charge in [-0.3, -0.25) is 4.68 Å². The molecule has 0 bridgehead atoms. The van der Waals surface area contributed by atoms with E-state index >= 15 is 0 Å². The number of hydrogen-bond acceptors (Lipinski definition) is 3. The van der Waals surface area contributed by atoms with Crippen LogP contribution in [0.25, 0.3) is 17.2 Å². The molecule has 0 spiro atoms. The van der Waals surface area contributed by atoms with E-state index in [0.29, 0.717) is 35.1 Å². The van der Waals surface area contributed by atoms with Crippen molar-refractivity contribution in [3.8, 4) is 11.1 Å². The maximum atomic E-state index is 12.3. The van der Waals surface area contributed by atoms with E-state index in [1.54, 1.807) is 4.90 Å². The molecule has 2 fully saturated rings. The number of piperidine rings is 1. The van der Waals surface area contributed by atoms with Gasteiger partial charge in [-0.1, -0.05) is 35.3 Å². The Balaban J connectivity index is 1.50. The molecule has 0 unspecified atom stereocenters. The number of allylic oxidation sites excluding steroid dienone is 1. The van der Waals surface area contributed by atoms with Crippen LogP contribution in [0.2, 0.25) is 10.0 Å². The van der Waals surface area contributed by atoms with E-state index in [1.807, 2.05) is 45.2 Å². The first-order valence-corrected chi connectivity index (χ1v) is 11.7. The Bertz CT molecular complexity index is 961. The summed E-state index contributed by atoms with van der Waals surface area (Å²) in [6.45, 7) is 7.09. The lowest BCUT2D eigenvalue weighted by Gasteiger charge is -2.32. The van der Waals surface area contributed by atoms with Gasteiger partial charge in [-0.25, -0.2) is 4.79 Å². The van der Waals surface area contributed by atoms with Gasteiger partial charge in [-0.2, -0.15) is 5.10 Å². The van der Waals surface area contributed by atoms with Gasteiger partial charge in [0.25, 0.3) is 0 Å². The molecule has 1 aliphatic heterocycles. The Morgan fingerprint density at radius 3 is 2.35 bits per heavy atom.